The predicted molar refractivity (Wildman–Crippen MR) is 82.7 cm³/mol. The molecule has 0 aliphatic carbocycles. The minimum atomic E-state index is -0.423. The van der Waals surface area contributed by atoms with Crippen LogP contribution in [0.1, 0.15) is 29.7 Å². The number of halogens is 3. The molecule has 0 saturated heterocycles. The Morgan fingerprint density at radius 1 is 1.14 bits per heavy atom. The lowest BCUT2D eigenvalue weighted by Gasteiger charge is -2.20. The Bertz CT molecular complexity index is 628. The number of hydrogen-bond donors (Lipinski definition) is 1. The summed E-state index contributed by atoms with van der Waals surface area (Å²) in [6.45, 7) is 4.68. The van der Waals surface area contributed by atoms with Crippen molar-refractivity contribution in [2.45, 2.75) is 26.3 Å². The molecule has 4 heteroatoms. The second kappa shape index (κ2) is 7.01. The van der Waals surface area contributed by atoms with Crippen LogP contribution in [-0.4, -0.2) is 6.54 Å². The van der Waals surface area contributed by atoms with Gasteiger partial charge in [0.05, 0.1) is 5.02 Å². The minimum absolute atomic E-state index is 0.0114. The molecule has 2 aromatic rings. The Labute approximate surface area is 128 Å². The molecule has 0 aliphatic rings. The number of benzene rings is 2. The Kier molecular flexibility index (Phi) is 5.32. The third-order valence-electron chi connectivity index (χ3n) is 3.53. The summed E-state index contributed by atoms with van der Waals surface area (Å²) in [6, 6.07) is 9.53. The monoisotopic (exact) mass is 309 g/mol. The van der Waals surface area contributed by atoms with E-state index >= 15 is 0 Å². The number of nitrogens with one attached hydrogen (secondary N) is 1. The van der Waals surface area contributed by atoms with E-state index in [1.165, 1.54) is 18.2 Å². The average molecular weight is 310 g/mol. The fourth-order valence-corrected chi connectivity index (χ4v) is 2.58. The first-order valence-corrected chi connectivity index (χ1v) is 7.32. The fourth-order valence-electron chi connectivity index (χ4n) is 2.39. The van der Waals surface area contributed by atoms with Gasteiger partial charge in [-0.2, -0.15) is 0 Å². The lowest BCUT2D eigenvalue weighted by Crippen LogP contribution is -2.23. The molecule has 1 unspecified atom stereocenters. The summed E-state index contributed by atoms with van der Waals surface area (Å²) >= 11 is 5.86. The largest absolute Gasteiger partial charge is 0.310 e. The van der Waals surface area contributed by atoms with Crippen molar-refractivity contribution >= 4 is 11.6 Å². The van der Waals surface area contributed by atoms with Gasteiger partial charge in [-0.15, -0.1) is 0 Å². The van der Waals surface area contributed by atoms with Crippen LogP contribution in [0.25, 0.3) is 0 Å². The van der Waals surface area contributed by atoms with E-state index in [0.29, 0.717) is 6.42 Å². The zero-order valence-electron chi connectivity index (χ0n) is 12.1. The standard InChI is InChI=1S/C17H18ClF2N/c1-3-21-17(13-5-7-16(20)15(18)9-13)10-12-4-6-14(19)8-11(12)2/h4-9,17,21H,3,10H2,1-2H3. The highest BCUT2D eigenvalue weighted by Crippen LogP contribution is 2.25. The zero-order chi connectivity index (χ0) is 15.4. The van der Waals surface area contributed by atoms with E-state index in [-0.39, 0.29) is 16.9 Å². The highest BCUT2D eigenvalue weighted by molar-refractivity contribution is 6.30. The Morgan fingerprint density at radius 3 is 2.52 bits per heavy atom. The molecule has 0 amide bonds. The van der Waals surface area contributed by atoms with E-state index in [2.05, 4.69) is 5.32 Å². The van der Waals surface area contributed by atoms with E-state index in [4.69, 9.17) is 11.6 Å². The smallest absolute Gasteiger partial charge is 0.141 e. The average Bonchev–Trinajstić information content (AvgIpc) is 2.44. The summed E-state index contributed by atoms with van der Waals surface area (Å²) < 4.78 is 26.5. The quantitative estimate of drug-likeness (QED) is 0.835. The van der Waals surface area contributed by atoms with Crippen LogP contribution in [0.15, 0.2) is 36.4 Å². The highest BCUT2D eigenvalue weighted by atomic mass is 35.5. The van der Waals surface area contributed by atoms with E-state index in [1.54, 1.807) is 18.2 Å². The number of aryl methyl sites for hydroxylation is 1. The second-order valence-corrected chi connectivity index (χ2v) is 5.47. The summed E-state index contributed by atoms with van der Waals surface area (Å²) in [7, 11) is 0. The lowest BCUT2D eigenvalue weighted by molar-refractivity contribution is 0.545. The topological polar surface area (TPSA) is 12.0 Å². The highest BCUT2D eigenvalue weighted by Gasteiger charge is 2.14. The summed E-state index contributed by atoms with van der Waals surface area (Å²) in [5.74, 6) is -0.658. The summed E-state index contributed by atoms with van der Waals surface area (Å²) in [5, 5.41) is 3.48. The van der Waals surface area contributed by atoms with Crippen LogP contribution in [0.4, 0.5) is 8.78 Å². The molecule has 0 heterocycles. The van der Waals surface area contributed by atoms with Crippen molar-refractivity contribution in [2.75, 3.05) is 6.54 Å². The van der Waals surface area contributed by atoms with Crippen molar-refractivity contribution in [3.8, 4) is 0 Å². The van der Waals surface area contributed by atoms with E-state index in [1.807, 2.05) is 13.8 Å². The fraction of sp³-hybridized carbons (Fsp3) is 0.294. The first kappa shape index (κ1) is 15.9. The minimum Gasteiger partial charge on any atom is -0.310 e. The Balaban J connectivity index is 2.28. The normalized spacial score (nSPS) is 12.4. The molecule has 2 rings (SSSR count). The van der Waals surface area contributed by atoms with Gasteiger partial charge >= 0.3 is 0 Å². The first-order valence-electron chi connectivity index (χ1n) is 6.94. The van der Waals surface area contributed by atoms with Gasteiger partial charge in [-0.05, 0) is 60.8 Å². The van der Waals surface area contributed by atoms with Gasteiger partial charge < -0.3 is 5.32 Å². The molecular weight excluding hydrogens is 292 g/mol. The van der Waals surface area contributed by atoms with Crippen LogP contribution in [0.5, 0.6) is 0 Å². The van der Waals surface area contributed by atoms with Gasteiger partial charge in [0, 0.05) is 6.04 Å². The number of rotatable bonds is 5. The SMILES string of the molecule is CCNC(Cc1ccc(F)cc1C)c1ccc(F)c(Cl)c1. The maximum Gasteiger partial charge on any atom is 0.141 e. The molecule has 2 aromatic carbocycles. The zero-order valence-corrected chi connectivity index (χ0v) is 12.8. The molecule has 0 spiro atoms. The Hall–Kier alpha value is -1.45. The summed E-state index contributed by atoms with van der Waals surface area (Å²) in [4.78, 5) is 0. The van der Waals surface area contributed by atoms with E-state index in [9.17, 15) is 8.78 Å². The summed E-state index contributed by atoms with van der Waals surface area (Å²) in [5.41, 5.74) is 2.89. The molecule has 0 aliphatic heterocycles. The van der Waals surface area contributed by atoms with Gasteiger partial charge in [0.25, 0.3) is 0 Å². The Morgan fingerprint density at radius 2 is 1.90 bits per heavy atom. The lowest BCUT2D eigenvalue weighted by atomic mass is 9.96. The van der Waals surface area contributed by atoms with Gasteiger partial charge in [-0.1, -0.05) is 30.7 Å². The molecule has 0 radical (unpaired) electrons. The molecule has 1 atom stereocenters. The molecule has 0 fully saturated rings. The van der Waals surface area contributed by atoms with E-state index < -0.39 is 5.82 Å². The van der Waals surface area contributed by atoms with Crippen molar-refractivity contribution in [1.82, 2.24) is 5.32 Å². The molecule has 112 valence electrons. The van der Waals surface area contributed by atoms with Crippen molar-refractivity contribution < 1.29 is 8.78 Å². The van der Waals surface area contributed by atoms with E-state index in [0.717, 1.165) is 23.2 Å². The van der Waals surface area contributed by atoms with Crippen LogP contribution < -0.4 is 5.32 Å². The number of hydrogen-bond acceptors (Lipinski definition) is 1. The number of likely N-dealkylation sites (N-methyl/N-ethyl adjacent to an activating group) is 1. The molecule has 0 bridgehead atoms. The van der Waals surface area contributed by atoms with Gasteiger partial charge in [-0.25, -0.2) is 8.78 Å². The molecule has 0 aromatic heterocycles. The van der Waals surface area contributed by atoms with Gasteiger partial charge in [-0.3, -0.25) is 0 Å². The second-order valence-electron chi connectivity index (χ2n) is 5.06. The van der Waals surface area contributed by atoms with Crippen LogP contribution in [0, 0.1) is 18.6 Å². The van der Waals surface area contributed by atoms with Crippen LogP contribution in [0.3, 0.4) is 0 Å². The molecule has 21 heavy (non-hydrogen) atoms. The van der Waals surface area contributed by atoms with Crippen molar-refractivity contribution in [2.24, 2.45) is 0 Å². The molecule has 1 N–H and O–H groups in total. The predicted octanol–water partition coefficient (Wildman–Crippen LogP) is 4.82. The van der Waals surface area contributed by atoms with Crippen LogP contribution in [0.2, 0.25) is 5.02 Å². The van der Waals surface area contributed by atoms with Gasteiger partial charge in [0.15, 0.2) is 0 Å². The van der Waals surface area contributed by atoms with Gasteiger partial charge in [0.2, 0.25) is 0 Å². The van der Waals surface area contributed by atoms with Crippen molar-refractivity contribution in [3.05, 3.63) is 69.7 Å². The maximum absolute atomic E-state index is 13.3. The third kappa shape index (κ3) is 4.02. The van der Waals surface area contributed by atoms with Crippen LogP contribution >= 0.6 is 11.6 Å². The molecular formula is C17H18ClF2N. The first-order chi connectivity index (χ1) is 10.0. The van der Waals surface area contributed by atoms with Gasteiger partial charge in [0.1, 0.15) is 11.6 Å². The molecule has 1 nitrogen and oxygen atoms in total. The molecule has 0 saturated carbocycles. The van der Waals surface area contributed by atoms with Crippen molar-refractivity contribution in [1.29, 1.82) is 0 Å². The summed E-state index contributed by atoms with van der Waals surface area (Å²) in [6.07, 6.45) is 0.696. The maximum atomic E-state index is 13.3. The van der Waals surface area contributed by atoms with Crippen LogP contribution in [-0.2, 0) is 6.42 Å². The van der Waals surface area contributed by atoms with Crippen molar-refractivity contribution in [3.63, 3.8) is 0 Å². The third-order valence-corrected chi connectivity index (χ3v) is 3.81.